The fourth-order valence-corrected chi connectivity index (χ4v) is 3.70. The van der Waals surface area contributed by atoms with Gasteiger partial charge in [0, 0.05) is 18.9 Å². The van der Waals surface area contributed by atoms with Gasteiger partial charge in [-0.1, -0.05) is 13.3 Å². The Hall–Kier alpha value is -1.26. The minimum Gasteiger partial charge on any atom is -0.453 e. The van der Waals surface area contributed by atoms with Crippen LogP contribution in [0.25, 0.3) is 0 Å². The third kappa shape index (κ3) is 2.06. The van der Waals surface area contributed by atoms with Crippen LogP contribution in [-0.4, -0.2) is 42.1 Å². The number of carbonyl (C=O) groups is 2. The van der Waals surface area contributed by atoms with Crippen LogP contribution in [0.5, 0.6) is 0 Å². The van der Waals surface area contributed by atoms with Crippen LogP contribution < -0.4 is 5.32 Å². The number of rotatable bonds is 2. The van der Waals surface area contributed by atoms with Gasteiger partial charge in [-0.25, -0.2) is 4.79 Å². The molecule has 1 saturated heterocycles. The van der Waals surface area contributed by atoms with Crippen molar-refractivity contribution in [1.82, 2.24) is 10.2 Å². The maximum absolute atomic E-state index is 11.9. The number of likely N-dealkylation sites (tertiary alicyclic amines) is 1. The molecule has 18 heavy (non-hydrogen) atoms. The van der Waals surface area contributed by atoms with Gasteiger partial charge in [-0.05, 0) is 19.3 Å². The third-order valence-electron chi connectivity index (χ3n) is 4.30. The molecule has 4 atom stereocenters. The fourth-order valence-electron chi connectivity index (χ4n) is 3.70. The largest absolute Gasteiger partial charge is 0.453 e. The summed E-state index contributed by atoms with van der Waals surface area (Å²) in [6.45, 7) is 3.59. The zero-order chi connectivity index (χ0) is 13.3. The number of carbonyl (C=O) groups excluding carboxylic acids is 2. The number of amides is 2. The Morgan fingerprint density at radius 2 is 2.11 bits per heavy atom. The highest BCUT2D eigenvalue weighted by Crippen LogP contribution is 2.42. The van der Waals surface area contributed by atoms with Crippen molar-refractivity contribution in [2.24, 2.45) is 5.92 Å². The molecule has 1 heterocycles. The lowest BCUT2D eigenvalue weighted by atomic mass is 9.94. The highest BCUT2D eigenvalue weighted by molar-refractivity contribution is 5.74. The number of hydrogen-bond donors (Lipinski definition) is 1. The standard InChI is InChI=1S/C13H22N2O3/c1-4-10-12(14-8(2)16)9-6-5-7-11(9)15(10)13(17)18-3/h9-12H,4-7H2,1-3H3,(H,14,16)/t9-,10-,11+,12-/m0/s1. The van der Waals surface area contributed by atoms with Crippen molar-refractivity contribution in [3.05, 3.63) is 0 Å². The molecular weight excluding hydrogens is 232 g/mol. The Kier molecular flexibility index (Phi) is 3.78. The second kappa shape index (κ2) is 5.16. The highest BCUT2D eigenvalue weighted by Gasteiger charge is 2.52. The lowest BCUT2D eigenvalue weighted by Crippen LogP contribution is -2.48. The van der Waals surface area contributed by atoms with Crippen LogP contribution in [-0.2, 0) is 9.53 Å². The SMILES string of the molecule is CC[C@H]1[C@@H](NC(C)=O)[C@H]2CCC[C@H]2N1C(=O)OC. The summed E-state index contributed by atoms with van der Waals surface area (Å²) in [5.74, 6) is 0.369. The van der Waals surface area contributed by atoms with Crippen molar-refractivity contribution in [3.8, 4) is 0 Å². The lowest BCUT2D eigenvalue weighted by Gasteiger charge is -2.29. The molecule has 1 N–H and O–H groups in total. The molecule has 0 radical (unpaired) electrons. The number of nitrogens with zero attached hydrogens (tertiary/aromatic N) is 1. The second-order valence-corrected chi connectivity index (χ2v) is 5.24. The summed E-state index contributed by atoms with van der Waals surface area (Å²) in [6.07, 6.45) is 3.81. The van der Waals surface area contributed by atoms with Crippen LogP contribution in [0.1, 0.15) is 39.5 Å². The minimum absolute atomic E-state index is 0.0178. The number of methoxy groups -OCH3 is 1. The Morgan fingerprint density at radius 1 is 1.39 bits per heavy atom. The van der Waals surface area contributed by atoms with Gasteiger partial charge < -0.3 is 10.1 Å². The maximum atomic E-state index is 11.9. The molecule has 2 fully saturated rings. The van der Waals surface area contributed by atoms with Gasteiger partial charge in [0.25, 0.3) is 0 Å². The van der Waals surface area contributed by atoms with Gasteiger partial charge in [-0.2, -0.15) is 0 Å². The van der Waals surface area contributed by atoms with E-state index in [4.69, 9.17) is 4.74 Å². The summed E-state index contributed by atoms with van der Waals surface area (Å²) in [5.41, 5.74) is 0. The van der Waals surface area contributed by atoms with Crippen molar-refractivity contribution < 1.29 is 14.3 Å². The molecule has 2 amide bonds. The van der Waals surface area contributed by atoms with Gasteiger partial charge in [0.2, 0.25) is 5.91 Å². The van der Waals surface area contributed by atoms with Gasteiger partial charge in [-0.3, -0.25) is 9.69 Å². The van der Waals surface area contributed by atoms with E-state index in [2.05, 4.69) is 12.2 Å². The first-order chi connectivity index (χ1) is 8.60. The molecular formula is C13H22N2O3. The van der Waals surface area contributed by atoms with Gasteiger partial charge in [0.05, 0.1) is 19.2 Å². The molecule has 102 valence electrons. The molecule has 0 unspecified atom stereocenters. The topological polar surface area (TPSA) is 58.6 Å². The van der Waals surface area contributed by atoms with E-state index in [9.17, 15) is 9.59 Å². The predicted octanol–water partition coefficient (Wildman–Crippen LogP) is 1.52. The van der Waals surface area contributed by atoms with Crippen LogP contribution in [0.4, 0.5) is 4.79 Å². The Bertz CT molecular complexity index is 345. The molecule has 1 aliphatic carbocycles. The number of hydrogen-bond acceptors (Lipinski definition) is 3. The molecule has 2 aliphatic rings. The van der Waals surface area contributed by atoms with E-state index >= 15 is 0 Å². The van der Waals surface area contributed by atoms with E-state index in [0.717, 1.165) is 25.7 Å². The summed E-state index contributed by atoms with van der Waals surface area (Å²) in [7, 11) is 1.42. The summed E-state index contributed by atoms with van der Waals surface area (Å²) < 4.78 is 4.90. The lowest BCUT2D eigenvalue weighted by molar-refractivity contribution is -0.120. The predicted molar refractivity (Wildman–Crippen MR) is 67.1 cm³/mol. The first-order valence-electron chi connectivity index (χ1n) is 6.73. The van der Waals surface area contributed by atoms with E-state index in [-0.39, 0.29) is 30.1 Å². The van der Waals surface area contributed by atoms with Crippen LogP contribution in [0.2, 0.25) is 0 Å². The maximum Gasteiger partial charge on any atom is 0.410 e. The average Bonchev–Trinajstić information content (AvgIpc) is 2.89. The second-order valence-electron chi connectivity index (χ2n) is 5.24. The van der Waals surface area contributed by atoms with Crippen LogP contribution in [0, 0.1) is 5.92 Å². The molecule has 0 aromatic carbocycles. The van der Waals surface area contributed by atoms with Crippen molar-refractivity contribution >= 4 is 12.0 Å². The Labute approximate surface area is 108 Å². The van der Waals surface area contributed by atoms with E-state index in [1.165, 1.54) is 14.0 Å². The van der Waals surface area contributed by atoms with Crippen molar-refractivity contribution in [1.29, 1.82) is 0 Å². The van der Waals surface area contributed by atoms with Crippen LogP contribution >= 0.6 is 0 Å². The smallest absolute Gasteiger partial charge is 0.410 e. The third-order valence-corrected chi connectivity index (χ3v) is 4.30. The van der Waals surface area contributed by atoms with Crippen molar-refractivity contribution in [3.63, 3.8) is 0 Å². The number of fused-ring (bicyclic) bond motifs is 1. The monoisotopic (exact) mass is 254 g/mol. The van der Waals surface area contributed by atoms with Gasteiger partial charge in [0.1, 0.15) is 0 Å². The molecule has 0 bridgehead atoms. The summed E-state index contributed by atoms with van der Waals surface area (Å²) in [4.78, 5) is 25.2. The molecule has 5 nitrogen and oxygen atoms in total. The zero-order valence-corrected chi connectivity index (χ0v) is 11.3. The van der Waals surface area contributed by atoms with Gasteiger partial charge in [0.15, 0.2) is 0 Å². The molecule has 2 rings (SSSR count). The summed E-state index contributed by atoms with van der Waals surface area (Å²) in [6, 6.07) is 0.384. The van der Waals surface area contributed by atoms with Gasteiger partial charge >= 0.3 is 6.09 Å². The summed E-state index contributed by atoms with van der Waals surface area (Å²) in [5, 5.41) is 3.03. The van der Waals surface area contributed by atoms with E-state index in [1.807, 2.05) is 4.90 Å². The molecule has 5 heteroatoms. The van der Waals surface area contributed by atoms with Crippen molar-refractivity contribution in [2.75, 3.05) is 7.11 Å². The molecule has 1 saturated carbocycles. The van der Waals surface area contributed by atoms with Crippen LogP contribution in [0.15, 0.2) is 0 Å². The molecule has 0 aromatic rings. The summed E-state index contributed by atoms with van der Waals surface area (Å²) >= 11 is 0. The van der Waals surface area contributed by atoms with Gasteiger partial charge in [-0.15, -0.1) is 0 Å². The first kappa shape index (κ1) is 13.2. The first-order valence-corrected chi connectivity index (χ1v) is 6.73. The number of ether oxygens (including phenoxy) is 1. The molecule has 0 spiro atoms. The van der Waals surface area contributed by atoms with E-state index in [0.29, 0.717) is 5.92 Å². The Morgan fingerprint density at radius 3 is 2.67 bits per heavy atom. The zero-order valence-electron chi connectivity index (χ0n) is 11.3. The quantitative estimate of drug-likeness (QED) is 0.812. The Balaban J connectivity index is 2.24. The fraction of sp³-hybridized carbons (Fsp3) is 0.846. The molecule has 0 aromatic heterocycles. The van der Waals surface area contributed by atoms with E-state index in [1.54, 1.807) is 0 Å². The van der Waals surface area contributed by atoms with Crippen molar-refractivity contribution in [2.45, 2.75) is 57.7 Å². The average molecular weight is 254 g/mol. The normalized spacial score (nSPS) is 34.3. The highest BCUT2D eigenvalue weighted by atomic mass is 16.5. The van der Waals surface area contributed by atoms with Crippen LogP contribution in [0.3, 0.4) is 0 Å². The minimum atomic E-state index is -0.258. The number of nitrogens with one attached hydrogen (secondary N) is 1. The van der Waals surface area contributed by atoms with E-state index < -0.39 is 0 Å². The molecule has 1 aliphatic heterocycles.